The standard InChI is InChI=1S/C34H33ClF3N11O4/c1-3-23-29(45-10-11-46(25-9-8-24(25)45)33(53)28-30(51)17(2)39-16-40-28)31(52)27-32(44-49(43-27)20-13-41-48(14-20)19-5-6-19)47(23)15-26(50)42-22-7-4-18(12-21(22)35)34(36,37)38/h4,7,12-14,16,19,24-25,51H,3,5-6,8-11,15H2,1-2H3,(H,42,50)/t24-,25-/m0/s1. The maximum atomic E-state index is 14.5. The number of nitrogens with zero attached hydrogens (tertiary/aromatic N) is 10. The molecule has 53 heavy (non-hydrogen) atoms. The lowest BCUT2D eigenvalue weighted by molar-refractivity contribution is -0.137. The number of aromatic hydroxyl groups is 1. The van der Waals surface area contributed by atoms with Crippen LogP contribution in [-0.2, 0) is 23.9 Å². The van der Waals surface area contributed by atoms with Crippen LogP contribution >= 0.6 is 11.6 Å². The van der Waals surface area contributed by atoms with Gasteiger partial charge in [0.15, 0.2) is 22.6 Å². The fourth-order valence-corrected chi connectivity index (χ4v) is 7.42. The zero-order valence-electron chi connectivity index (χ0n) is 28.5. The molecule has 19 heteroatoms. The number of piperazine rings is 1. The molecule has 276 valence electrons. The summed E-state index contributed by atoms with van der Waals surface area (Å²) in [6.07, 6.45) is 3.63. The summed E-state index contributed by atoms with van der Waals surface area (Å²) >= 11 is 6.16. The molecule has 3 fully saturated rings. The highest BCUT2D eigenvalue weighted by molar-refractivity contribution is 6.33. The first kappa shape index (κ1) is 34.6. The van der Waals surface area contributed by atoms with Crippen LogP contribution in [0.3, 0.4) is 0 Å². The molecule has 15 nitrogen and oxygen atoms in total. The quantitative estimate of drug-likeness (QED) is 0.233. The van der Waals surface area contributed by atoms with E-state index in [0.29, 0.717) is 36.3 Å². The fraction of sp³-hybridized carbons (Fsp3) is 0.412. The number of fused-ring (bicyclic) bond motifs is 2. The molecule has 2 N–H and O–H groups in total. The maximum Gasteiger partial charge on any atom is 0.416 e. The Balaban J connectivity index is 1.17. The van der Waals surface area contributed by atoms with Crippen molar-refractivity contribution in [3.63, 3.8) is 0 Å². The number of hydrogen-bond donors (Lipinski definition) is 2. The number of alkyl halides is 3. The number of pyridine rings is 1. The lowest BCUT2D eigenvalue weighted by Gasteiger charge is -2.54. The van der Waals surface area contributed by atoms with E-state index in [4.69, 9.17) is 11.6 Å². The van der Waals surface area contributed by atoms with Crippen molar-refractivity contribution in [2.45, 2.75) is 76.8 Å². The van der Waals surface area contributed by atoms with Crippen molar-refractivity contribution >= 4 is 46.0 Å². The van der Waals surface area contributed by atoms with Crippen molar-refractivity contribution in [3.05, 3.63) is 74.8 Å². The van der Waals surface area contributed by atoms with Crippen LogP contribution in [-0.4, -0.2) is 86.3 Å². The smallest absolute Gasteiger partial charge is 0.416 e. The summed E-state index contributed by atoms with van der Waals surface area (Å²) in [5.41, 5.74) is 0.311. The molecule has 1 aromatic carbocycles. The topological polar surface area (TPSA) is 169 Å². The van der Waals surface area contributed by atoms with E-state index in [0.717, 1.165) is 31.0 Å². The Labute approximate surface area is 304 Å². The van der Waals surface area contributed by atoms with Gasteiger partial charge in [0.1, 0.15) is 24.2 Å². The number of anilines is 2. The number of hydrogen-bond acceptors (Lipinski definition) is 10. The number of carbonyl (C=O) groups excluding carboxylic acids is 2. The molecule has 1 aliphatic heterocycles. The largest absolute Gasteiger partial charge is 0.504 e. The third kappa shape index (κ3) is 6.03. The average molecular weight is 752 g/mol. The SMILES string of the molecule is CCc1c(N2CCN(C(=O)c3ncnc(C)c3O)[C@H]3CC[C@@H]32)c(=O)c2nn(-c3cnn(C4CC4)c3)nc2n1CC(=O)Nc1ccc(C(F)(F)F)cc1Cl. The van der Waals surface area contributed by atoms with Crippen LogP contribution in [0.1, 0.15) is 66.1 Å². The summed E-state index contributed by atoms with van der Waals surface area (Å²) in [6, 6.07) is 2.40. The molecule has 0 radical (unpaired) electrons. The predicted molar refractivity (Wildman–Crippen MR) is 185 cm³/mol. The summed E-state index contributed by atoms with van der Waals surface area (Å²) in [6.45, 7) is 3.54. The van der Waals surface area contributed by atoms with Gasteiger partial charge in [-0.25, -0.2) is 9.97 Å². The minimum absolute atomic E-state index is 0.00694. The van der Waals surface area contributed by atoms with E-state index >= 15 is 0 Å². The van der Waals surface area contributed by atoms with E-state index in [9.17, 15) is 32.7 Å². The second-order valence-electron chi connectivity index (χ2n) is 13.4. The monoisotopic (exact) mass is 751 g/mol. The van der Waals surface area contributed by atoms with Crippen molar-refractivity contribution in [1.29, 1.82) is 0 Å². The minimum Gasteiger partial charge on any atom is -0.504 e. The molecule has 0 unspecified atom stereocenters. The number of rotatable bonds is 8. The van der Waals surface area contributed by atoms with Crippen LogP contribution in [0, 0.1) is 6.92 Å². The third-order valence-corrected chi connectivity index (χ3v) is 10.5. The number of halogens is 4. The van der Waals surface area contributed by atoms with Gasteiger partial charge in [0.2, 0.25) is 11.3 Å². The Morgan fingerprint density at radius 1 is 1.08 bits per heavy atom. The predicted octanol–water partition coefficient (Wildman–Crippen LogP) is 4.28. The first-order valence-corrected chi connectivity index (χ1v) is 17.5. The molecule has 1 saturated heterocycles. The van der Waals surface area contributed by atoms with Gasteiger partial charge < -0.3 is 24.8 Å². The lowest BCUT2D eigenvalue weighted by atomic mass is 9.81. The Morgan fingerprint density at radius 2 is 1.85 bits per heavy atom. The van der Waals surface area contributed by atoms with Crippen molar-refractivity contribution in [1.82, 2.24) is 44.2 Å². The number of nitrogens with one attached hydrogen (secondary N) is 1. The molecule has 2 amide bonds. The van der Waals surface area contributed by atoms with Gasteiger partial charge in [0, 0.05) is 24.8 Å². The normalized spacial score (nSPS) is 18.6. The fourth-order valence-electron chi connectivity index (χ4n) is 7.19. The highest BCUT2D eigenvalue weighted by Crippen LogP contribution is 2.39. The van der Waals surface area contributed by atoms with Gasteiger partial charge in [-0.2, -0.15) is 18.3 Å². The Kier molecular flexibility index (Phi) is 8.38. The molecule has 0 spiro atoms. The summed E-state index contributed by atoms with van der Waals surface area (Å²) < 4.78 is 43.2. The second-order valence-corrected chi connectivity index (χ2v) is 13.8. The molecular formula is C34H33ClF3N11O4. The zero-order valence-corrected chi connectivity index (χ0v) is 29.3. The summed E-state index contributed by atoms with van der Waals surface area (Å²) in [5, 5.41) is 26.5. The first-order chi connectivity index (χ1) is 25.3. The molecule has 2 aliphatic carbocycles. The van der Waals surface area contributed by atoms with E-state index in [2.05, 4.69) is 30.6 Å². The molecular weight excluding hydrogens is 719 g/mol. The van der Waals surface area contributed by atoms with Gasteiger partial charge in [-0.3, -0.25) is 19.1 Å². The Hall–Kier alpha value is -5.52. The molecule has 5 aromatic rings. The number of aromatic nitrogens is 8. The van der Waals surface area contributed by atoms with Crippen LogP contribution in [0.4, 0.5) is 24.5 Å². The van der Waals surface area contributed by atoms with Gasteiger partial charge >= 0.3 is 6.18 Å². The zero-order chi connectivity index (χ0) is 37.3. The second kappa shape index (κ2) is 12.9. The van der Waals surface area contributed by atoms with Crippen LogP contribution < -0.4 is 15.6 Å². The molecule has 5 heterocycles. The van der Waals surface area contributed by atoms with E-state index in [1.807, 2.05) is 16.5 Å². The molecule has 0 bridgehead atoms. The lowest BCUT2D eigenvalue weighted by Crippen LogP contribution is -2.67. The van der Waals surface area contributed by atoms with E-state index < -0.39 is 29.0 Å². The van der Waals surface area contributed by atoms with Crippen molar-refractivity contribution in [2.75, 3.05) is 23.3 Å². The minimum atomic E-state index is -4.62. The maximum absolute atomic E-state index is 14.5. The van der Waals surface area contributed by atoms with Crippen LogP contribution in [0.25, 0.3) is 16.9 Å². The molecule has 2 saturated carbocycles. The average Bonchev–Trinajstić information content (AvgIpc) is 3.65. The van der Waals surface area contributed by atoms with E-state index in [-0.39, 0.29) is 76.8 Å². The van der Waals surface area contributed by atoms with Gasteiger partial charge in [0.05, 0.1) is 46.4 Å². The number of amides is 2. The highest BCUT2D eigenvalue weighted by atomic mass is 35.5. The summed E-state index contributed by atoms with van der Waals surface area (Å²) in [4.78, 5) is 54.7. The van der Waals surface area contributed by atoms with Gasteiger partial charge in [-0.05, 0) is 57.2 Å². The van der Waals surface area contributed by atoms with Crippen LogP contribution in [0.15, 0.2) is 41.7 Å². The van der Waals surface area contributed by atoms with Crippen molar-refractivity contribution in [3.8, 4) is 11.4 Å². The molecule has 2 atom stereocenters. The van der Waals surface area contributed by atoms with Gasteiger partial charge in [0.25, 0.3) is 5.91 Å². The number of benzene rings is 1. The van der Waals surface area contributed by atoms with Crippen molar-refractivity contribution in [2.24, 2.45) is 0 Å². The Morgan fingerprint density at radius 3 is 2.53 bits per heavy atom. The Bertz CT molecular complexity index is 2350. The highest BCUT2D eigenvalue weighted by Gasteiger charge is 2.47. The molecule has 4 aromatic heterocycles. The molecule has 3 aliphatic rings. The first-order valence-electron chi connectivity index (χ1n) is 17.2. The van der Waals surface area contributed by atoms with Crippen LogP contribution in [0.2, 0.25) is 5.02 Å². The van der Waals surface area contributed by atoms with E-state index in [1.54, 1.807) is 28.8 Å². The number of carbonyl (C=O) groups is 2. The van der Waals surface area contributed by atoms with Gasteiger partial charge in [-0.15, -0.1) is 15.0 Å². The van der Waals surface area contributed by atoms with Gasteiger partial charge in [-0.1, -0.05) is 18.5 Å². The summed E-state index contributed by atoms with van der Waals surface area (Å²) in [7, 11) is 0. The van der Waals surface area contributed by atoms with Crippen molar-refractivity contribution < 1.29 is 27.9 Å². The van der Waals surface area contributed by atoms with E-state index in [1.165, 1.54) is 11.1 Å². The van der Waals surface area contributed by atoms with Crippen LogP contribution in [0.5, 0.6) is 5.75 Å². The summed E-state index contributed by atoms with van der Waals surface area (Å²) in [5.74, 6) is -1.33. The number of aryl methyl sites for hydroxylation is 1. The third-order valence-electron chi connectivity index (χ3n) is 10.2. The molecule has 8 rings (SSSR count).